The molecular formula is C18H20F3N5O4S2. The van der Waals surface area contributed by atoms with Crippen molar-refractivity contribution in [3.05, 3.63) is 54.9 Å². The predicted molar refractivity (Wildman–Crippen MR) is 112 cm³/mol. The van der Waals surface area contributed by atoms with Crippen molar-refractivity contribution < 1.29 is 30.0 Å². The summed E-state index contributed by atoms with van der Waals surface area (Å²) in [6.07, 6.45) is -3.50. The number of alkyl halides is 3. The largest absolute Gasteiger partial charge is 0.402 e. The Morgan fingerprint density at radius 1 is 1.03 bits per heavy atom. The lowest BCUT2D eigenvalue weighted by Gasteiger charge is -2.37. The molecule has 0 aliphatic carbocycles. The fourth-order valence-corrected chi connectivity index (χ4v) is 5.39. The molecule has 1 aliphatic rings. The molecule has 174 valence electrons. The van der Waals surface area contributed by atoms with Gasteiger partial charge in [0.15, 0.2) is 0 Å². The van der Waals surface area contributed by atoms with Gasteiger partial charge in [-0.2, -0.15) is 17.5 Å². The summed E-state index contributed by atoms with van der Waals surface area (Å²) in [6, 6.07) is 7.92. The van der Waals surface area contributed by atoms with Gasteiger partial charge in [0.1, 0.15) is 17.3 Å². The minimum absolute atomic E-state index is 0.00568. The summed E-state index contributed by atoms with van der Waals surface area (Å²) in [5, 5.41) is 0. The number of anilines is 2. The molecule has 0 unspecified atom stereocenters. The average molecular weight is 492 g/mol. The van der Waals surface area contributed by atoms with E-state index in [1.165, 1.54) is 51.6 Å². The smallest absolute Gasteiger partial charge is 0.384 e. The van der Waals surface area contributed by atoms with E-state index in [-0.39, 0.29) is 35.2 Å². The van der Waals surface area contributed by atoms with Crippen LogP contribution < -0.4 is 15.4 Å². The van der Waals surface area contributed by atoms with E-state index in [1.54, 1.807) is 4.90 Å². The number of hydrogen-bond acceptors (Lipinski definition) is 7. The van der Waals surface area contributed by atoms with Crippen LogP contribution in [0.2, 0.25) is 0 Å². The second-order valence-corrected chi connectivity index (χ2v) is 10.6. The zero-order valence-corrected chi connectivity index (χ0v) is 18.2. The molecule has 32 heavy (non-hydrogen) atoms. The van der Waals surface area contributed by atoms with Crippen molar-refractivity contribution in [3.8, 4) is 0 Å². The predicted octanol–water partition coefficient (Wildman–Crippen LogP) is 1.53. The van der Waals surface area contributed by atoms with Gasteiger partial charge < -0.3 is 10.6 Å². The number of pyridine rings is 1. The standard InChI is InChI=1S/C18H20F3N5O4S2/c1-13-11-25(32(29,30)16-6-7-17(22)23-10-16)8-9-26(13)14-2-4-15(5-3-14)31(27,28)24-12-18(19,20)21/h2-7,10,24H,1,8-9,11-12H2,(H2,22,23). The lowest BCUT2D eigenvalue weighted by Crippen LogP contribution is -2.47. The maximum absolute atomic E-state index is 12.8. The van der Waals surface area contributed by atoms with Gasteiger partial charge in [0.25, 0.3) is 0 Å². The molecule has 0 spiro atoms. The van der Waals surface area contributed by atoms with E-state index >= 15 is 0 Å². The molecule has 2 aromatic rings. The summed E-state index contributed by atoms with van der Waals surface area (Å²) < 4.78 is 89.2. The number of aromatic nitrogens is 1. The minimum Gasteiger partial charge on any atom is -0.384 e. The average Bonchev–Trinajstić information content (AvgIpc) is 2.72. The van der Waals surface area contributed by atoms with Crippen LogP contribution in [0, 0.1) is 0 Å². The van der Waals surface area contributed by atoms with E-state index in [4.69, 9.17) is 5.73 Å². The van der Waals surface area contributed by atoms with Crippen LogP contribution in [0.5, 0.6) is 0 Å². The minimum atomic E-state index is -4.67. The lowest BCUT2D eigenvalue weighted by atomic mass is 10.2. The molecule has 2 heterocycles. The topological polar surface area (TPSA) is 126 Å². The zero-order chi connectivity index (χ0) is 23.7. The van der Waals surface area contributed by atoms with Crippen molar-refractivity contribution in [2.45, 2.75) is 16.0 Å². The second kappa shape index (κ2) is 8.69. The highest BCUT2D eigenvalue weighted by atomic mass is 32.2. The fourth-order valence-electron chi connectivity index (χ4n) is 3.01. The van der Waals surface area contributed by atoms with Crippen LogP contribution in [-0.4, -0.2) is 58.5 Å². The van der Waals surface area contributed by atoms with Crippen LogP contribution in [0.25, 0.3) is 0 Å². The van der Waals surface area contributed by atoms with Gasteiger partial charge in [-0.15, -0.1) is 0 Å². The first kappa shape index (κ1) is 24.0. The Morgan fingerprint density at radius 3 is 2.19 bits per heavy atom. The van der Waals surface area contributed by atoms with Crippen LogP contribution >= 0.6 is 0 Å². The molecule has 0 atom stereocenters. The summed E-state index contributed by atoms with van der Waals surface area (Å²) >= 11 is 0. The Kier molecular flexibility index (Phi) is 6.51. The molecule has 1 aromatic heterocycles. The molecule has 0 radical (unpaired) electrons. The van der Waals surface area contributed by atoms with E-state index in [0.29, 0.717) is 11.4 Å². The van der Waals surface area contributed by atoms with Crippen molar-refractivity contribution in [2.24, 2.45) is 0 Å². The second-order valence-electron chi connectivity index (χ2n) is 6.91. The number of halogens is 3. The molecule has 0 saturated carbocycles. The van der Waals surface area contributed by atoms with Crippen molar-refractivity contribution in [1.29, 1.82) is 0 Å². The maximum Gasteiger partial charge on any atom is 0.402 e. The zero-order valence-electron chi connectivity index (χ0n) is 16.6. The van der Waals surface area contributed by atoms with Crippen LogP contribution in [0.15, 0.2) is 64.7 Å². The monoisotopic (exact) mass is 491 g/mol. The van der Waals surface area contributed by atoms with Gasteiger partial charge in [0, 0.05) is 30.7 Å². The van der Waals surface area contributed by atoms with Gasteiger partial charge in [-0.1, -0.05) is 6.58 Å². The van der Waals surface area contributed by atoms with Gasteiger partial charge in [0.05, 0.1) is 11.4 Å². The molecule has 1 aromatic carbocycles. The maximum atomic E-state index is 12.8. The summed E-state index contributed by atoms with van der Waals surface area (Å²) in [4.78, 5) is 5.17. The molecule has 9 nitrogen and oxygen atoms in total. The third-order valence-corrected chi connectivity index (χ3v) is 7.88. The Hall–Kier alpha value is -2.68. The van der Waals surface area contributed by atoms with E-state index in [0.717, 1.165) is 0 Å². The van der Waals surface area contributed by atoms with E-state index < -0.39 is 32.8 Å². The number of nitrogen functional groups attached to an aromatic ring is 1. The van der Waals surface area contributed by atoms with E-state index in [9.17, 15) is 30.0 Å². The van der Waals surface area contributed by atoms with Crippen molar-refractivity contribution in [1.82, 2.24) is 14.0 Å². The lowest BCUT2D eigenvalue weighted by molar-refractivity contribution is -0.121. The number of nitrogens with one attached hydrogen (secondary N) is 1. The number of sulfonamides is 2. The highest BCUT2D eigenvalue weighted by molar-refractivity contribution is 7.89. The summed E-state index contributed by atoms with van der Waals surface area (Å²) in [7, 11) is -8.14. The molecule has 1 aliphatic heterocycles. The first-order valence-corrected chi connectivity index (χ1v) is 12.1. The Balaban J connectivity index is 1.71. The number of benzene rings is 1. The Labute approximate surface area is 183 Å². The molecule has 0 bridgehead atoms. The molecular weight excluding hydrogens is 471 g/mol. The van der Waals surface area contributed by atoms with Gasteiger partial charge in [-0.3, -0.25) is 0 Å². The first-order valence-electron chi connectivity index (χ1n) is 9.13. The van der Waals surface area contributed by atoms with Crippen LogP contribution in [-0.2, 0) is 20.0 Å². The van der Waals surface area contributed by atoms with Crippen molar-refractivity contribution in [3.63, 3.8) is 0 Å². The highest BCUT2D eigenvalue weighted by Crippen LogP contribution is 2.27. The SMILES string of the molecule is C=C1CN(S(=O)(=O)c2ccc(N)nc2)CCN1c1ccc(S(=O)(=O)NCC(F)(F)F)cc1. The number of nitrogens with two attached hydrogens (primary N) is 1. The highest BCUT2D eigenvalue weighted by Gasteiger charge is 2.32. The van der Waals surface area contributed by atoms with Crippen LogP contribution in [0.1, 0.15) is 0 Å². The van der Waals surface area contributed by atoms with E-state index in [2.05, 4.69) is 11.6 Å². The molecule has 14 heteroatoms. The quantitative estimate of drug-likeness (QED) is 0.628. The van der Waals surface area contributed by atoms with Crippen LogP contribution in [0.3, 0.4) is 0 Å². The number of rotatable bonds is 6. The summed E-state index contributed by atoms with van der Waals surface area (Å²) in [6.45, 7) is 2.57. The normalized spacial score (nSPS) is 16.3. The summed E-state index contributed by atoms with van der Waals surface area (Å²) in [5.74, 6) is 0.192. The number of nitrogens with zero attached hydrogens (tertiary/aromatic N) is 3. The number of hydrogen-bond donors (Lipinski definition) is 2. The van der Waals surface area contributed by atoms with Crippen molar-refractivity contribution >= 4 is 31.6 Å². The molecule has 0 amide bonds. The molecule has 3 rings (SSSR count). The van der Waals surface area contributed by atoms with Crippen molar-refractivity contribution in [2.75, 3.05) is 36.8 Å². The molecule has 3 N–H and O–H groups in total. The van der Waals surface area contributed by atoms with Gasteiger partial charge >= 0.3 is 6.18 Å². The molecule has 1 fully saturated rings. The first-order chi connectivity index (χ1) is 14.8. The van der Waals surface area contributed by atoms with Gasteiger partial charge in [-0.05, 0) is 36.4 Å². The van der Waals surface area contributed by atoms with Gasteiger partial charge in [-0.25, -0.2) is 26.5 Å². The Bertz CT molecular complexity index is 1200. The third kappa shape index (κ3) is 5.38. The summed E-state index contributed by atoms with van der Waals surface area (Å²) in [5.41, 5.74) is 6.46. The third-order valence-electron chi connectivity index (χ3n) is 4.63. The van der Waals surface area contributed by atoms with Gasteiger partial charge in [0.2, 0.25) is 20.0 Å². The Morgan fingerprint density at radius 2 is 1.66 bits per heavy atom. The van der Waals surface area contributed by atoms with E-state index in [1.807, 2.05) is 0 Å². The molecule has 1 saturated heterocycles. The fraction of sp³-hybridized carbons (Fsp3) is 0.278. The number of piperazine rings is 1. The van der Waals surface area contributed by atoms with Crippen LogP contribution in [0.4, 0.5) is 24.7 Å².